The maximum absolute atomic E-state index is 12.1. The van der Waals surface area contributed by atoms with Crippen LogP contribution in [0.1, 0.15) is 43.7 Å². The van der Waals surface area contributed by atoms with Crippen LogP contribution in [0.5, 0.6) is 0 Å². The van der Waals surface area contributed by atoms with Crippen LogP contribution in [0.4, 0.5) is 11.5 Å². The molecule has 1 N–H and O–H groups in total. The summed E-state index contributed by atoms with van der Waals surface area (Å²) in [6, 6.07) is 8.66. The van der Waals surface area contributed by atoms with Gasteiger partial charge in [-0.15, -0.1) is 0 Å². The first-order chi connectivity index (χ1) is 10.8. The molecule has 1 aromatic carbocycles. The predicted molar refractivity (Wildman–Crippen MR) is 91.0 cm³/mol. The number of anilines is 2. The van der Waals surface area contributed by atoms with Crippen molar-refractivity contribution in [1.82, 2.24) is 15.3 Å². The molecule has 0 bridgehead atoms. The summed E-state index contributed by atoms with van der Waals surface area (Å²) in [5, 5.41) is 2.89. The smallest absolute Gasteiger partial charge is 0.271 e. The number of benzene rings is 1. The third-order valence-electron chi connectivity index (χ3n) is 3.81. The fourth-order valence-electron chi connectivity index (χ4n) is 2.88. The number of nitrogens with zero attached hydrogens (tertiary/aromatic N) is 3. The highest BCUT2D eigenvalue weighted by molar-refractivity contribution is 5.92. The molecule has 0 saturated carbocycles. The summed E-state index contributed by atoms with van der Waals surface area (Å²) in [6.07, 6.45) is 4.21. The Morgan fingerprint density at radius 3 is 2.61 bits per heavy atom. The number of aromatic nitrogens is 2. The normalized spacial score (nSPS) is 17.0. The van der Waals surface area contributed by atoms with Crippen LogP contribution in [-0.4, -0.2) is 27.5 Å². The molecule has 1 amide bonds. The zero-order valence-electron chi connectivity index (χ0n) is 14.0. The topological polar surface area (TPSA) is 58.1 Å². The summed E-state index contributed by atoms with van der Waals surface area (Å²) in [5.41, 5.74) is 2.53. The van der Waals surface area contributed by atoms with Crippen LogP contribution in [-0.2, 0) is 6.42 Å². The Labute approximate surface area is 136 Å². The van der Waals surface area contributed by atoms with Gasteiger partial charge in [0.2, 0.25) is 0 Å². The number of fused-ring (bicyclic) bond motifs is 1. The Kier molecular flexibility index (Phi) is 3.80. The van der Waals surface area contributed by atoms with E-state index >= 15 is 0 Å². The van der Waals surface area contributed by atoms with Crippen molar-refractivity contribution < 1.29 is 4.79 Å². The largest absolute Gasteiger partial charge is 0.346 e. The van der Waals surface area contributed by atoms with Crippen LogP contribution in [0.15, 0.2) is 36.7 Å². The lowest BCUT2D eigenvalue weighted by Crippen LogP contribution is -2.41. The van der Waals surface area contributed by atoms with Gasteiger partial charge in [0.1, 0.15) is 5.69 Å². The van der Waals surface area contributed by atoms with Crippen molar-refractivity contribution in [2.75, 3.05) is 4.90 Å². The SMILES string of the molecule is CC1Cc2ccccc2N1c1cnc(C(=O)NC(C)(C)C)cn1. The average molecular weight is 310 g/mol. The molecule has 2 heterocycles. The van der Waals surface area contributed by atoms with Crippen LogP contribution >= 0.6 is 0 Å². The second-order valence-corrected chi connectivity index (χ2v) is 7.02. The lowest BCUT2D eigenvalue weighted by molar-refractivity contribution is 0.0914. The van der Waals surface area contributed by atoms with E-state index in [1.807, 2.05) is 26.8 Å². The minimum atomic E-state index is -0.292. The Balaban J connectivity index is 1.84. The van der Waals surface area contributed by atoms with Gasteiger partial charge in [-0.2, -0.15) is 0 Å². The number of para-hydroxylation sites is 1. The molecular weight excluding hydrogens is 288 g/mol. The van der Waals surface area contributed by atoms with Crippen molar-refractivity contribution in [3.05, 3.63) is 47.9 Å². The van der Waals surface area contributed by atoms with E-state index in [1.54, 1.807) is 12.4 Å². The fourth-order valence-corrected chi connectivity index (χ4v) is 2.88. The van der Waals surface area contributed by atoms with Crippen molar-refractivity contribution in [3.63, 3.8) is 0 Å². The molecule has 23 heavy (non-hydrogen) atoms. The maximum Gasteiger partial charge on any atom is 0.271 e. The van der Waals surface area contributed by atoms with Crippen molar-refractivity contribution in [3.8, 4) is 0 Å². The van der Waals surface area contributed by atoms with Gasteiger partial charge in [0, 0.05) is 17.3 Å². The van der Waals surface area contributed by atoms with Gasteiger partial charge in [-0.25, -0.2) is 9.97 Å². The molecule has 1 aliphatic rings. The number of amides is 1. The molecule has 120 valence electrons. The van der Waals surface area contributed by atoms with Crippen LogP contribution in [0, 0.1) is 0 Å². The molecule has 0 spiro atoms. The Morgan fingerprint density at radius 1 is 1.22 bits per heavy atom. The lowest BCUT2D eigenvalue weighted by atomic mass is 10.1. The van der Waals surface area contributed by atoms with Gasteiger partial charge in [0.05, 0.1) is 12.4 Å². The highest BCUT2D eigenvalue weighted by atomic mass is 16.2. The molecular formula is C18H22N4O. The van der Waals surface area contributed by atoms with Gasteiger partial charge in [0.15, 0.2) is 5.82 Å². The number of nitrogens with one attached hydrogen (secondary N) is 1. The van der Waals surface area contributed by atoms with E-state index in [0.29, 0.717) is 11.7 Å². The van der Waals surface area contributed by atoms with Crippen LogP contribution in [0.3, 0.4) is 0 Å². The first-order valence-electron chi connectivity index (χ1n) is 7.87. The van der Waals surface area contributed by atoms with Crippen LogP contribution in [0.25, 0.3) is 0 Å². The van der Waals surface area contributed by atoms with E-state index in [4.69, 9.17) is 0 Å². The maximum atomic E-state index is 12.1. The third kappa shape index (κ3) is 3.18. The summed E-state index contributed by atoms with van der Waals surface area (Å²) in [4.78, 5) is 23.1. The van der Waals surface area contributed by atoms with Crippen molar-refractivity contribution in [2.45, 2.75) is 45.7 Å². The third-order valence-corrected chi connectivity index (χ3v) is 3.81. The van der Waals surface area contributed by atoms with Crippen molar-refractivity contribution in [1.29, 1.82) is 0 Å². The van der Waals surface area contributed by atoms with E-state index in [-0.39, 0.29) is 11.4 Å². The molecule has 1 unspecified atom stereocenters. The summed E-state index contributed by atoms with van der Waals surface area (Å²) in [6.45, 7) is 7.99. The highest BCUT2D eigenvalue weighted by Gasteiger charge is 2.28. The highest BCUT2D eigenvalue weighted by Crippen LogP contribution is 2.36. The zero-order chi connectivity index (χ0) is 16.6. The van der Waals surface area contributed by atoms with E-state index < -0.39 is 0 Å². The van der Waals surface area contributed by atoms with Crippen LogP contribution in [0.2, 0.25) is 0 Å². The summed E-state index contributed by atoms with van der Waals surface area (Å²) >= 11 is 0. The Hall–Kier alpha value is -2.43. The van der Waals surface area contributed by atoms with Crippen molar-refractivity contribution in [2.24, 2.45) is 0 Å². The molecule has 5 nitrogen and oxygen atoms in total. The monoisotopic (exact) mass is 310 g/mol. The zero-order valence-corrected chi connectivity index (χ0v) is 14.0. The molecule has 0 radical (unpaired) electrons. The van der Waals surface area contributed by atoms with Gasteiger partial charge < -0.3 is 10.2 Å². The number of carbonyl (C=O) groups is 1. The molecule has 0 aliphatic carbocycles. The molecule has 1 aliphatic heterocycles. The number of hydrogen-bond donors (Lipinski definition) is 1. The molecule has 1 aromatic heterocycles. The first kappa shape index (κ1) is 15.5. The molecule has 2 aromatic rings. The molecule has 1 atom stereocenters. The van der Waals surface area contributed by atoms with E-state index in [1.165, 1.54) is 11.3 Å². The Bertz CT molecular complexity index is 719. The fraction of sp³-hybridized carbons (Fsp3) is 0.389. The summed E-state index contributed by atoms with van der Waals surface area (Å²) in [7, 11) is 0. The number of hydrogen-bond acceptors (Lipinski definition) is 4. The minimum Gasteiger partial charge on any atom is -0.346 e. The average Bonchev–Trinajstić information content (AvgIpc) is 2.81. The lowest BCUT2D eigenvalue weighted by Gasteiger charge is -2.24. The van der Waals surface area contributed by atoms with Gasteiger partial charge in [0.25, 0.3) is 5.91 Å². The predicted octanol–water partition coefficient (Wildman–Crippen LogP) is 3.09. The van der Waals surface area contributed by atoms with Gasteiger partial charge in [-0.05, 0) is 45.7 Å². The summed E-state index contributed by atoms with van der Waals surface area (Å²) < 4.78 is 0. The minimum absolute atomic E-state index is 0.202. The molecule has 0 fully saturated rings. The van der Waals surface area contributed by atoms with Gasteiger partial charge in [-0.1, -0.05) is 18.2 Å². The Morgan fingerprint density at radius 2 is 1.96 bits per heavy atom. The second-order valence-electron chi connectivity index (χ2n) is 7.02. The van der Waals surface area contributed by atoms with Crippen LogP contribution < -0.4 is 10.2 Å². The van der Waals surface area contributed by atoms with E-state index in [9.17, 15) is 4.79 Å². The standard InChI is InChI=1S/C18H22N4O/c1-12-9-13-7-5-6-8-15(13)22(12)16-11-19-14(10-20-16)17(23)21-18(2,3)4/h5-8,10-12H,9H2,1-4H3,(H,21,23). The molecule has 0 saturated heterocycles. The summed E-state index contributed by atoms with van der Waals surface area (Å²) in [5.74, 6) is 0.571. The molecule has 5 heteroatoms. The second kappa shape index (κ2) is 5.65. The van der Waals surface area contributed by atoms with Gasteiger partial charge in [-0.3, -0.25) is 4.79 Å². The molecule has 3 rings (SSSR count). The van der Waals surface area contributed by atoms with Gasteiger partial charge >= 0.3 is 0 Å². The van der Waals surface area contributed by atoms with Crippen molar-refractivity contribution >= 4 is 17.4 Å². The number of rotatable bonds is 2. The van der Waals surface area contributed by atoms with E-state index in [2.05, 4.69) is 45.3 Å². The first-order valence-corrected chi connectivity index (χ1v) is 7.87. The quantitative estimate of drug-likeness (QED) is 0.926. The number of carbonyl (C=O) groups excluding carboxylic acids is 1. The van der Waals surface area contributed by atoms with E-state index in [0.717, 1.165) is 12.2 Å².